The zero-order valence-electron chi connectivity index (χ0n) is 8.58. The lowest BCUT2D eigenvalue weighted by molar-refractivity contribution is 0.186. The Morgan fingerprint density at radius 1 is 1.40 bits per heavy atom. The summed E-state index contributed by atoms with van der Waals surface area (Å²) in [6, 6.07) is 1.91. The molecule has 0 aliphatic carbocycles. The molecule has 1 N–H and O–H groups in total. The standard InChI is InChI=1S/C11H15BrN2O/c12-10-8-14-7-4-11(10)15-9-2-1-5-13-6-3-9/h4,7-9,13H,1-3,5-6H2. The van der Waals surface area contributed by atoms with Gasteiger partial charge in [0.2, 0.25) is 0 Å². The number of aromatic nitrogens is 1. The maximum absolute atomic E-state index is 5.94. The van der Waals surface area contributed by atoms with Crippen LogP contribution in [0.25, 0.3) is 0 Å². The second-order valence-electron chi connectivity index (χ2n) is 3.73. The molecule has 0 aromatic carbocycles. The van der Waals surface area contributed by atoms with Gasteiger partial charge in [-0.25, -0.2) is 0 Å². The molecule has 2 heterocycles. The first kappa shape index (κ1) is 10.9. The SMILES string of the molecule is Brc1cnccc1OC1CCCNCC1. The Hall–Kier alpha value is -0.610. The van der Waals surface area contributed by atoms with Gasteiger partial charge < -0.3 is 10.1 Å². The minimum Gasteiger partial charge on any atom is -0.489 e. The highest BCUT2D eigenvalue weighted by molar-refractivity contribution is 9.10. The first-order valence-corrected chi connectivity index (χ1v) is 6.12. The molecule has 15 heavy (non-hydrogen) atoms. The number of rotatable bonds is 2. The number of hydrogen-bond acceptors (Lipinski definition) is 3. The van der Waals surface area contributed by atoms with Crippen molar-refractivity contribution >= 4 is 15.9 Å². The number of pyridine rings is 1. The molecule has 1 aliphatic rings. The average Bonchev–Trinajstić information content (AvgIpc) is 2.50. The van der Waals surface area contributed by atoms with Crippen molar-refractivity contribution in [1.29, 1.82) is 0 Å². The first-order valence-electron chi connectivity index (χ1n) is 5.33. The number of halogens is 1. The molecule has 0 saturated carbocycles. The molecule has 82 valence electrons. The molecule has 1 aliphatic heterocycles. The van der Waals surface area contributed by atoms with E-state index >= 15 is 0 Å². The fraction of sp³-hybridized carbons (Fsp3) is 0.545. The maximum atomic E-state index is 5.94. The fourth-order valence-corrected chi connectivity index (χ4v) is 2.09. The van der Waals surface area contributed by atoms with Crippen LogP contribution in [0.5, 0.6) is 5.75 Å². The highest BCUT2D eigenvalue weighted by atomic mass is 79.9. The smallest absolute Gasteiger partial charge is 0.136 e. The lowest BCUT2D eigenvalue weighted by atomic mass is 10.1. The van der Waals surface area contributed by atoms with Crippen LogP contribution < -0.4 is 10.1 Å². The van der Waals surface area contributed by atoms with Crippen molar-refractivity contribution in [3.63, 3.8) is 0 Å². The van der Waals surface area contributed by atoms with Crippen LogP contribution in [0.1, 0.15) is 19.3 Å². The molecule has 1 unspecified atom stereocenters. The molecule has 0 radical (unpaired) electrons. The van der Waals surface area contributed by atoms with Gasteiger partial charge in [-0.15, -0.1) is 0 Å². The Balaban J connectivity index is 1.98. The Bertz CT molecular complexity index is 311. The molecule has 1 fully saturated rings. The lowest BCUT2D eigenvalue weighted by Gasteiger charge is -2.17. The normalized spacial score (nSPS) is 22.1. The summed E-state index contributed by atoms with van der Waals surface area (Å²) in [4.78, 5) is 4.02. The van der Waals surface area contributed by atoms with E-state index in [1.807, 2.05) is 6.07 Å². The molecule has 1 aromatic rings. The summed E-state index contributed by atoms with van der Waals surface area (Å²) >= 11 is 3.44. The quantitative estimate of drug-likeness (QED) is 0.896. The zero-order valence-corrected chi connectivity index (χ0v) is 10.2. The van der Waals surface area contributed by atoms with Gasteiger partial charge in [-0.3, -0.25) is 4.98 Å². The highest BCUT2D eigenvalue weighted by Gasteiger charge is 2.14. The Morgan fingerprint density at radius 2 is 2.33 bits per heavy atom. The molecule has 2 rings (SSSR count). The van der Waals surface area contributed by atoms with Crippen LogP contribution in [0.4, 0.5) is 0 Å². The Labute approximate surface area is 98.4 Å². The van der Waals surface area contributed by atoms with E-state index in [4.69, 9.17) is 4.74 Å². The van der Waals surface area contributed by atoms with Crippen LogP contribution in [0.3, 0.4) is 0 Å². The maximum Gasteiger partial charge on any atom is 0.136 e. The second kappa shape index (κ2) is 5.47. The van der Waals surface area contributed by atoms with Gasteiger partial charge >= 0.3 is 0 Å². The monoisotopic (exact) mass is 270 g/mol. The molecule has 3 nitrogen and oxygen atoms in total. The van der Waals surface area contributed by atoms with E-state index in [-0.39, 0.29) is 0 Å². The van der Waals surface area contributed by atoms with Crippen molar-refractivity contribution in [3.8, 4) is 5.75 Å². The predicted molar refractivity (Wildman–Crippen MR) is 63.1 cm³/mol. The minimum atomic E-state index is 0.332. The molecule has 1 saturated heterocycles. The number of ether oxygens (including phenoxy) is 1. The van der Waals surface area contributed by atoms with E-state index in [2.05, 4.69) is 26.2 Å². The Morgan fingerprint density at radius 3 is 3.20 bits per heavy atom. The van der Waals surface area contributed by atoms with E-state index in [1.165, 1.54) is 6.42 Å². The molecular formula is C11H15BrN2O. The summed E-state index contributed by atoms with van der Waals surface area (Å²) in [5.74, 6) is 0.900. The van der Waals surface area contributed by atoms with Gasteiger partial charge in [0.1, 0.15) is 11.9 Å². The van der Waals surface area contributed by atoms with Crippen LogP contribution in [-0.4, -0.2) is 24.2 Å². The number of nitrogens with one attached hydrogen (secondary N) is 1. The van der Waals surface area contributed by atoms with Crippen molar-refractivity contribution < 1.29 is 4.74 Å². The van der Waals surface area contributed by atoms with Gasteiger partial charge in [0.15, 0.2) is 0 Å². The molecule has 0 spiro atoms. The highest BCUT2D eigenvalue weighted by Crippen LogP contribution is 2.25. The average molecular weight is 271 g/mol. The van der Waals surface area contributed by atoms with E-state index in [0.29, 0.717) is 6.10 Å². The van der Waals surface area contributed by atoms with Crippen LogP contribution in [0.2, 0.25) is 0 Å². The second-order valence-corrected chi connectivity index (χ2v) is 4.58. The van der Waals surface area contributed by atoms with Crippen molar-refractivity contribution in [2.45, 2.75) is 25.4 Å². The van der Waals surface area contributed by atoms with Crippen molar-refractivity contribution in [2.75, 3.05) is 13.1 Å². The third-order valence-electron chi connectivity index (χ3n) is 2.55. The van der Waals surface area contributed by atoms with Crippen molar-refractivity contribution in [3.05, 3.63) is 22.9 Å². The summed E-state index contributed by atoms with van der Waals surface area (Å²) in [6.45, 7) is 2.16. The summed E-state index contributed by atoms with van der Waals surface area (Å²) in [6.07, 6.45) is 7.25. The number of nitrogens with zero attached hydrogens (tertiary/aromatic N) is 1. The van der Waals surface area contributed by atoms with Crippen LogP contribution in [0.15, 0.2) is 22.9 Å². The first-order chi connectivity index (χ1) is 7.36. The largest absolute Gasteiger partial charge is 0.489 e. The summed E-state index contributed by atoms with van der Waals surface area (Å²) in [5, 5.41) is 3.37. The van der Waals surface area contributed by atoms with Crippen molar-refractivity contribution in [2.24, 2.45) is 0 Å². The Kier molecular flexibility index (Phi) is 3.97. The third-order valence-corrected chi connectivity index (χ3v) is 3.15. The predicted octanol–water partition coefficient (Wildman–Crippen LogP) is 2.37. The molecule has 1 atom stereocenters. The van der Waals surface area contributed by atoms with E-state index in [9.17, 15) is 0 Å². The van der Waals surface area contributed by atoms with E-state index < -0.39 is 0 Å². The van der Waals surface area contributed by atoms with Crippen molar-refractivity contribution in [1.82, 2.24) is 10.3 Å². The summed E-state index contributed by atoms with van der Waals surface area (Å²) < 4.78 is 6.87. The fourth-order valence-electron chi connectivity index (χ4n) is 1.74. The van der Waals surface area contributed by atoms with E-state index in [0.717, 1.165) is 36.2 Å². The van der Waals surface area contributed by atoms with Gasteiger partial charge in [0, 0.05) is 12.4 Å². The topological polar surface area (TPSA) is 34.1 Å². The van der Waals surface area contributed by atoms with Gasteiger partial charge in [-0.05, 0) is 54.3 Å². The molecule has 1 aromatic heterocycles. The lowest BCUT2D eigenvalue weighted by Crippen LogP contribution is -2.19. The molecular weight excluding hydrogens is 256 g/mol. The molecule has 4 heteroatoms. The van der Waals surface area contributed by atoms with E-state index in [1.54, 1.807) is 12.4 Å². The van der Waals surface area contributed by atoms with Gasteiger partial charge in [0.05, 0.1) is 4.47 Å². The minimum absolute atomic E-state index is 0.332. The summed E-state index contributed by atoms with van der Waals surface area (Å²) in [5.41, 5.74) is 0. The van der Waals surface area contributed by atoms with Crippen LogP contribution >= 0.6 is 15.9 Å². The molecule has 0 bridgehead atoms. The van der Waals surface area contributed by atoms with Gasteiger partial charge in [-0.2, -0.15) is 0 Å². The number of hydrogen-bond donors (Lipinski definition) is 1. The third kappa shape index (κ3) is 3.18. The van der Waals surface area contributed by atoms with Crippen LogP contribution in [0, 0.1) is 0 Å². The molecule has 0 amide bonds. The van der Waals surface area contributed by atoms with Gasteiger partial charge in [0.25, 0.3) is 0 Å². The van der Waals surface area contributed by atoms with Gasteiger partial charge in [-0.1, -0.05) is 0 Å². The zero-order chi connectivity index (χ0) is 10.5. The van der Waals surface area contributed by atoms with Crippen LogP contribution in [-0.2, 0) is 0 Å². The summed E-state index contributed by atoms with van der Waals surface area (Å²) in [7, 11) is 0.